The molecule has 1 saturated carbocycles. The fourth-order valence-corrected chi connectivity index (χ4v) is 5.96. The standard InChI is InChI=1S/C34H40N2O5/c1-33(2,3)41-32(38)36(30-28-23-35(24-29(28)30)22-25-14-7-4-8-15-25)20-13-21-40-31(37)34(39,26-16-9-5-10-17-26)27-18-11-6-12-19-27/h4-12,14-19,28-30,39H,13,20-24H2,1-3H3. The number of aliphatic hydroxyl groups is 1. The van der Waals surface area contributed by atoms with E-state index in [4.69, 9.17) is 9.47 Å². The van der Waals surface area contributed by atoms with E-state index in [2.05, 4.69) is 29.2 Å². The molecule has 0 bridgehead atoms. The van der Waals surface area contributed by atoms with Crippen LogP contribution in [0, 0.1) is 11.8 Å². The van der Waals surface area contributed by atoms with E-state index >= 15 is 0 Å². The van der Waals surface area contributed by atoms with Gasteiger partial charge in [0, 0.05) is 32.2 Å². The van der Waals surface area contributed by atoms with Gasteiger partial charge < -0.3 is 19.5 Å². The smallest absolute Gasteiger partial charge is 0.410 e. The van der Waals surface area contributed by atoms with E-state index in [9.17, 15) is 14.7 Å². The van der Waals surface area contributed by atoms with Crippen molar-refractivity contribution < 1.29 is 24.2 Å². The molecule has 1 aliphatic carbocycles. The van der Waals surface area contributed by atoms with Crippen molar-refractivity contribution >= 4 is 12.1 Å². The molecule has 1 amide bonds. The molecule has 0 aromatic heterocycles. The minimum atomic E-state index is -1.93. The second-order valence-corrected chi connectivity index (χ2v) is 12.1. The number of piperidine rings is 1. The van der Waals surface area contributed by atoms with E-state index in [1.807, 2.05) is 43.9 Å². The molecule has 3 aromatic rings. The lowest BCUT2D eigenvalue weighted by atomic mass is 9.86. The van der Waals surface area contributed by atoms with Gasteiger partial charge in [-0.25, -0.2) is 9.59 Å². The van der Waals surface area contributed by atoms with Crippen LogP contribution in [0.25, 0.3) is 0 Å². The number of carbonyl (C=O) groups excluding carboxylic acids is 2. The van der Waals surface area contributed by atoms with Gasteiger partial charge in [-0.1, -0.05) is 91.0 Å². The summed E-state index contributed by atoms with van der Waals surface area (Å²) < 4.78 is 11.4. The molecule has 5 rings (SSSR count). The first-order valence-electron chi connectivity index (χ1n) is 14.4. The summed E-state index contributed by atoms with van der Waals surface area (Å²) in [5, 5.41) is 11.6. The first-order chi connectivity index (χ1) is 19.7. The van der Waals surface area contributed by atoms with Crippen LogP contribution in [-0.2, 0) is 26.4 Å². The molecule has 2 atom stereocenters. The maximum Gasteiger partial charge on any atom is 0.410 e. The van der Waals surface area contributed by atoms with Gasteiger partial charge in [0.2, 0.25) is 5.60 Å². The number of benzene rings is 3. The number of hydrogen-bond acceptors (Lipinski definition) is 6. The molecule has 216 valence electrons. The predicted octanol–water partition coefficient (Wildman–Crippen LogP) is 5.22. The van der Waals surface area contributed by atoms with Crippen LogP contribution in [-0.4, -0.2) is 64.9 Å². The maximum atomic E-state index is 13.3. The van der Waals surface area contributed by atoms with E-state index in [-0.39, 0.29) is 18.7 Å². The largest absolute Gasteiger partial charge is 0.463 e. The SMILES string of the molecule is CC(C)(C)OC(=O)N(CCCOC(=O)C(O)(c1ccccc1)c1ccccc1)C1C2CN(Cc3ccccc3)CC21. The fraction of sp³-hybridized carbons (Fsp3) is 0.412. The molecule has 0 spiro atoms. The molecule has 1 saturated heterocycles. The van der Waals surface area contributed by atoms with Crippen molar-refractivity contribution in [3.63, 3.8) is 0 Å². The average Bonchev–Trinajstić information content (AvgIpc) is 3.44. The van der Waals surface area contributed by atoms with Crippen molar-refractivity contribution in [1.82, 2.24) is 9.80 Å². The van der Waals surface area contributed by atoms with Crippen LogP contribution in [0.3, 0.4) is 0 Å². The lowest BCUT2D eigenvalue weighted by Gasteiger charge is -2.30. The zero-order chi connectivity index (χ0) is 29.0. The molecule has 7 nitrogen and oxygen atoms in total. The van der Waals surface area contributed by atoms with Gasteiger partial charge in [-0.15, -0.1) is 0 Å². The number of carbonyl (C=O) groups is 2. The zero-order valence-electron chi connectivity index (χ0n) is 24.1. The second-order valence-electron chi connectivity index (χ2n) is 12.1. The average molecular weight is 557 g/mol. The summed E-state index contributed by atoms with van der Waals surface area (Å²) in [6.45, 7) is 8.89. The summed E-state index contributed by atoms with van der Waals surface area (Å²) in [4.78, 5) is 30.9. The van der Waals surface area contributed by atoms with Crippen LogP contribution >= 0.6 is 0 Å². The number of nitrogens with zero attached hydrogens (tertiary/aromatic N) is 2. The Kier molecular flexibility index (Phi) is 8.47. The van der Waals surface area contributed by atoms with E-state index in [0.29, 0.717) is 35.9 Å². The molecule has 3 aromatic carbocycles. The topological polar surface area (TPSA) is 79.3 Å². The first kappa shape index (κ1) is 28.8. The minimum Gasteiger partial charge on any atom is -0.463 e. The highest BCUT2D eigenvalue weighted by Gasteiger charge is 2.59. The summed E-state index contributed by atoms with van der Waals surface area (Å²) >= 11 is 0. The van der Waals surface area contributed by atoms with E-state index in [1.54, 1.807) is 48.5 Å². The quantitative estimate of drug-likeness (QED) is 0.272. The van der Waals surface area contributed by atoms with Gasteiger partial charge in [0.25, 0.3) is 0 Å². The summed E-state index contributed by atoms with van der Waals surface area (Å²) in [5.74, 6) is 0.0867. The van der Waals surface area contributed by atoms with Gasteiger partial charge in [0.05, 0.1) is 6.61 Å². The first-order valence-corrected chi connectivity index (χ1v) is 14.4. The Balaban J connectivity index is 1.20. The number of amides is 1. The highest BCUT2D eigenvalue weighted by molar-refractivity contribution is 5.85. The third kappa shape index (κ3) is 6.63. The summed E-state index contributed by atoms with van der Waals surface area (Å²) in [5.41, 5.74) is -0.354. The summed E-state index contributed by atoms with van der Waals surface area (Å²) in [7, 11) is 0. The molecular formula is C34H40N2O5. The van der Waals surface area contributed by atoms with Crippen molar-refractivity contribution in [1.29, 1.82) is 0 Å². The lowest BCUT2D eigenvalue weighted by molar-refractivity contribution is -0.162. The molecule has 1 aliphatic heterocycles. The van der Waals surface area contributed by atoms with E-state index in [1.165, 1.54) is 5.56 Å². The van der Waals surface area contributed by atoms with E-state index in [0.717, 1.165) is 19.6 Å². The third-order valence-corrected chi connectivity index (χ3v) is 7.92. The van der Waals surface area contributed by atoms with Crippen molar-refractivity contribution in [3.8, 4) is 0 Å². The zero-order valence-corrected chi connectivity index (χ0v) is 24.1. The number of fused-ring (bicyclic) bond motifs is 1. The molecule has 0 radical (unpaired) electrons. The number of rotatable bonds is 10. The normalized spacial score (nSPS) is 20.2. The highest BCUT2D eigenvalue weighted by atomic mass is 16.6. The van der Waals surface area contributed by atoms with Crippen LogP contribution in [0.1, 0.15) is 43.9 Å². The van der Waals surface area contributed by atoms with Crippen molar-refractivity contribution in [2.45, 2.75) is 51.0 Å². The van der Waals surface area contributed by atoms with Crippen LogP contribution in [0.5, 0.6) is 0 Å². The Hall–Kier alpha value is -3.68. The molecule has 1 heterocycles. The van der Waals surface area contributed by atoms with Gasteiger partial charge in [-0.3, -0.25) is 4.90 Å². The van der Waals surface area contributed by atoms with Gasteiger partial charge >= 0.3 is 12.1 Å². The predicted molar refractivity (Wildman–Crippen MR) is 157 cm³/mol. The molecule has 2 aliphatic rings. The minimum absolute atomic E-state index is 0.0717. The lowest BCUT2D eigenvalue weighted by Crippen LogP contribution is -2.43. The summed E-state index contributed by atoms with van der Waals surface area (Å²) in [6, 6.07) is 28.2. The van der Waals surface area contributed by atoms with Crippen molar-refractivity contribution in [2.75, 3.05) is 26.2 Å². The molecule has 2 unspecified atom stereocenters. The van der Waals surface area contributed by atoms with Gasteiger partial charge in [-0.2, -0.15) is 0 Å². The fourth-order valence-electron chi connectivity index (χ4n) is 5.96. The van der Waals surface area contributed by atoms with Crippen LogP contribution in [0.2, 0.25) is 0 Å². The second kappa shape index (κ2) is 12.0. The van der Waals surface area contributed by atoms with Crippen LogP contribution < -0.4 is 0 Å². The molecule has 2 fully saturated rings. The highest BCUT2D eigenvalue weighted by Crippen LogP contribution is 2.49. The number of esters is 1. The molecule has 1 N–H and O–H groups in total. The Morgan fingerprint density at radius 2 is 1.37 bits per heavy atom. The summed E-state index contributed by atoms with van der Waals surface area (Å²) in [6.07, 6.45) is 0.108. The van der Waals surface area contributed by atoms with Crippen LogP contribution in [0.4, 0.5) is 4.79 Å². The van der Waals surface area contributed by atoms with Gasteiger partial charge in [0.1, 0.15) is 5.60 Å². The molecule has 41 heavy (non-hydrogen) atoms. The monoisotopic (exact) mass is 556 g/mol. The van der Waals surface area contributed by atoms with Crippen molar-refractivity contribution in [3.05, 3.63) is 108 Å². The number of hydrogen-bond donors (Lipinski definition) is 1. The van der Waals surface area contributed by atoms with E-state index < -0.39 is 17.2 Å². The number of ether oxygens (including phenoxy) is 2. The van der Waals surface area contributed by atoms with Crippen LogP contribution in [0.15, 0.2) is 91.0 Å². The van der Waals surface area contributed by atoms with Gasteiger partial charge in [-0.05, 0) is 55.7 Å². The third-order valence-electron chi connectivity index (χ3n) is 7.92. The Bertz CT molecular complexity index is 1260. The number of likely N-dealkylation sites (tertiary alicyclic amines) is 1. The Labute approximate surface area is 242 Å². The molecular weight excluding hydrogens is 516 g/mol. The Morgan fingerprint density at radius 3 is 1.88 bits per heavy atom. The van der Waals surface area contributed by atoms with Gasteiger partial charge in [0.15, 0.2) is 0 Å². The Morgan fingerprint density at radius 1 is 0.854 bits per heavy atom. The van der Waals surface area contributed by atoms with Crippen molar-refractivity contribution in [2.24, 2.45) is 11.8 Å². The molecule has 7 heteroatoms. The maximum absolute atomic E-state index is 13.3.